The fourth-order valence-corrected chi connectivity index (χ4v) is 2.74. The average molecular weight is 237 g/mol. The van der Waals surface area contributed by atoms with Crippen molar-refractivity contribution < 1.29 is 9.53 Å². The van der Waals surface area contributed by atoms with Crippen LogP contribution in [0, 0.1) is 5.92 Å². The molecule has 1 saturated heterocycles. The lowest BCUT2D eigenvalue weighted by Crippen LogP contribution is -2.42. The second-order valence-corrected chi connectivity index (χ2v) is 6.19. The summed E-state index contributed by atoms with van der Waals surface area (Å²) in [5.74, 6) is 0.662. The molecule has 3 heteroatoms. The zero-order chi connectivity index (χ0) is 12.5. The van der Waals surface area contributed by atoms with Crippen LogP contribution in [0.3, 0.4) is 0 Å². The Morgan fingerprint density at radius 2 is 2.18 bits per heavy atom. The molecule has 2 aliphatic rings. The van der Waals surface area contributed by atoms with Crippen molar-refractivity contribution in [1.29, 1.82) is 0 Å². The van der Waals surface area contributed by atoms with E-state index in [1.807, 2.05) is 20.8 Å². The SMILES string of the molecule is CC(C)(C)OC(=O)/C=C1/CCC2CCNC1C2. The summed E-state index contributed by atoms with van der Waals surface area (Å²) in [5, 5.41) is 3.49. The Labute approximate surface area is 104 Å². The van der Waals surface area contributed by atoms with Crippen LogP contribution < -0.4 is 5.32 Å². The van der Waals surface area contributed by atoms with Crippen LogP contribution in [-0.4, -0.2) is 24.2 Å². The summed E-state index contributed by atoms with van der Waals surface area (Å²) < 4.78 is 5.34. The van der Waals surface area contributed by atoms with Crippen molar-refractivity contribution >= 4 is 5.97 Å². The van der Waals surface area contributed by atoms with E-state index in [0.29, 0.717) is 6.04 Å². The summed E-state index contributed by atoms with van der Waals surface area (Å²) in [6.07, 6.45) is 6.46. The number of fused-ring (bicyclic) bond motifs is 2. The van der Waals surface area contributed by atoms with Crippen molar-refractivity contribution in [2.75, 3.05) is 6.54 Å². The number of carbonyl (C=O) groups excluding carboxylic acids is 1. The van der Waals surface area contributed by atoms with E-state index in [2.05, 4.69) is 5.32 Å². The minimum absolute atomic E-state index is 0.196. The van der Waals surface area contributed by atoms with Crippen molar-refractivity contribution in [2.45, 2.75) is 58.1 Å². The van der Waals surface area contributed by atoms with Crippen LogP contribution in [0.5, 0.6) is 0 Å². The maximum Gasteiger partial charge on any atom is 0.331 e. The van der Waals surface area contributed by atoms with Gasteiger partial charge in [-0.25, -0.2) is 4.79 Å². The first kappa shape index (κ1) is 12.6. The van der Waals surface area contributed by atoms with Gasteiger partial charge in [0, 0.05) is 12.1 Å². The second-order valence-electron chi connectivity index (χ2n) is 6.19. The highest BCUT2D eigenvalue weighted by Gasteiger charge is 2.29. The van der Waals surface area contributed by atoms with E-state index in [-0.39, 0.29) is 5.97 Å². The van der Waals surface area contributed by atoms with Crippen molar-refractivity contribution in [3.05, 3.63) is 11.6 Å². The van der Waals surface area contributed by atoms with Gasteiger partial charge in [0.25, 0.3) is 0 Å². The number of hydrogen-bond donors (Lipinski definition) is 1. The maximum absolute atomic E-state index is 11.8. The van der Waals surface area contributed by atoms with E-state index in [1.54, 1.807) is 6.08 Å². The first-order valence-corrected chi connectivity index (χ1v) is 6.61. The van der Waals surface area contributed by atoms with Gasteiger partial charge in [-0.2, -0.15) is 0 Å². The van der Waals surface area contributed by atoms with Gasteiger partial charge in [-0.15, -0.1) is 0 Å². The molecule has 1 aliphatic carbocycles. The van der Waals surface area contributed by atoms with Crippen molar-refractivity contribution in [1.82, 2.24) is 5.32 Å². The van der Waals surface area contributed by atoms with Crippen molar-refractivity contribution in [3.63, 3.8) is 0 Å². The van der Waals surface area contributed by atoms with Crippen molar-refractivity contribution in [3.8, 4) is 0 Å². The standard InChI is InChI=1S/C14H23NO2/c1-14(2,3)17-13(16)9-11-5-4-10-6-7-15-12(11)8-10/h9-10,12,15H,4-8H2,1-3H3/b11-9-. The molecular formula is C14H23NO2. The minimum atomic E-state index is -0.397. The first-order valence-electron chi connectivity index (χ1n) is 6.61. The highest BCUT2D eigenvalue weighted by molar-refractivity contribution is 5.83. The van der Waals surface area contributed by atoms with E-state index >= 15 is 0 Å². The zero-order valence-corrected chi connectivity index (χ0v) is 11.1. The largest absolute Gasteiger partial charge is 0.457 e. The predicted octanol–water partition coefficient (Wildman–Crippen LogP) is 2.42. The van der Waals surface area contributed by atoms with E-state index in [4.69, 9.17) is 4.74 Å². The quantitative estimate of drug-likeness (QED) is 0.562. The highest BCUT2D eigenvalue weighted by Crippen LogP contribution is 2.33. The Bertz CT molecular complexity index is 328. The minimum Gasteiger partial charge on any atom is -0.457 e. The fourth-order valence-electron chi connectivity index (χ4n) is 2.74. The Morgan fingerprint density at radius 1 is 1.41 bits per heavy atom. The lowest BCUT2D eigenvalue weighted by Gasteiger charge is -2.37. The average Bonchev–Trinajstić information content (AvgIpc) is 2.20. The van der Waals surface area contributed by atoms with Gasteiger partial charge in [-0.05, 0) is 64.5 Å². The summed E-state index contributed by atoms with van der Waals surface area (Å²) in [6.45, 7) is 6.79. The molecule has 0 amide bonds. The molecule has 0 aromatic rings. The Kier molecular flexibility index (Phi) is 3.57. The monoisotopic (exact) mass is 237 g/mol. The summed E-state index contributed by atoms with van der Waals surface area (Å²) in [6, 6.07) is 0.412. The third kappa shape index (κ3) is 3.56. The molecule has 2 atom stereocenters. The number of hydrogen-bond acceptors (Lipinski definition) is 3. The van der Waals surface area contributed by atoms with Crippen LogP contribution in [0.15, 0.2) is 11.6 Å². The summed E-state index contributed by atoms with van der Waals surface area (Å²) >= 11 is 0. The van der Waals surface area contributed by atoms with Gasteiger partial charge in [-0.3, -0.25) is 0 Å². The molecule has 1 N–H and O–H groups in total. The molecule has 96 valence electrons. The molecule has 0 spiro atoms. The van der Waals surface area contributed by atoms with Gasteiger partial charge in [0.15, 0.2) is 0 Å². The van der Waals surface area contributed by atoms with E-state index in [1.165, 1.54) is 24.8 Å². The van der Waals surface area contributed by atoms with Gasteiger partial charge >= 0.3 is 5.97 Å². The third-order valence-corrected chi connectivity index (χ3v) is 3.51. The predicted molar refractivity (Wildman–Crippen MR) is 67.7 cm³/mol. The second kappa shape index (κ2) is 4.81. The van der Waals surface area contributed by atoms with E-state index in [9.17, 15) is 4.79 Å². The van der Waals surface area contributed by atoms with Crippen LogP contribution >= 0.6 is 0 Å². The van der Waals surface area contributed by atoms with Gasteiger partial charge < -0.3 is 10.1 Å². The van der Waals surface area contributed by atoms with Crippen LogP contribution in [0.2, 0.25) is 0 Å². The van der Waals surface area contributed by atoms with Crippen LogP contribution in [0.1, 0.15) is 46.5 Å². The van der Waals surface area contributed by atoms with E-state index in [0.717, 1.165) is 18.9 Å². The fraction of sp³-hybridized carbons (Fsp3) is 0.786. The molecule has 2 rings (SSSR count). The molecule has 3 nitrogen and oxygen atoms in total. The van der Waals surface area contributed by atoms with Crippen LogP contribution in [-0.2, 0) is 9.53 Å². The molecule has 0 aromatic carbocycles. The molecule has 0 aromatic heterocycles. The van der Waals surface area contributed by atoms with Gasteiger partial charge in [0.2, 0.25) is 0 Å². The number of carbonyl (C=O) groups is 1. The molecule has 1 heterocycles. The molecule has 2 bridgehead atoms. The Morgan fingerprint density at radius 3 is 2.88 bits per heavy atom. The lowest BCUT2D eigenvalue weighted by molar-refractivity contribution is -0.148. The Balaban J connectivity index is 1.99. The number of ether oxygens (including phenoxy) is 1. The summed E-state index contributed by atoms with van der Waals surface area (Å²) in [7, 11) is 0. The van der Waals surface area contributed by atoms with Gasteiger partial charge in [-0.1, -0.05) is 0 Å². The third-order valence-electron chi connectivity index (χ3n) is 3.51. The van der Waals surface area contributed by atoms with Gasteiger partial charge in [0.05, 0.1) is 0 Å². The Hall–Kier alpha value is -0.830. The topological polar surface area (TPSA) is 38.3 Å². The van der Waals surface area contributed by atoms with Gasteiger partial charge in [0.1, 0.15) is 5.60 Å². The van der Waals surface area contributed by atoms with Crippen LogP contribution in [0.4, 0.5) is 0 Å². The van der Waals surface area contributed by atoms with E-state index < -0.39 is 5.60 Å². The lowest BCUT2D eigenvalue weighted by atomic mass is 9.78. The molecule has 1 saturated carbocycles. The number of piperidine rings is 1. The molecule has 2 unspecified atom stereocenters. The summed E-state index contributed by atoms with van der Waals surface area (Å²) in [4.78, 5) is 11.8. The van der Waals surface area contributed by atoms with Crippen LogP contribution in [0.25, 0.3) is 0 Å². The smallest absolute Gasteiger partial charge is 0.331 e. The molecule has 1 aliphatic heterocycles. The number of rotatable bonds is 1. The summed E-state index contributed by atoms with van der Waals surface area (Å²) in [5.41, 5.74) is 0.834. The molecule has 17 heavy (non-hydrogen) atoms. The highest BCUT2D eigenvalue weighted by atomic mass is 16.6. The van der Waals surface area contributed by atoms with Crippen molar-refractivity contribution in [2.24, 2.45) is 5.92 Å². The molecule has 2 fully saturated rings. The normalized spacial score (nSPS) is 31.4. The molecule has 0 radical (unpaired) electrons. The maximum atomic E-state index is 11.8. The zero-order valence-electron chi connectivity index (χ0n) is 11.1. The number of esters is 1. The number of nitrogens with one attached hydrogen (secondary N) is 1. The molecular weight excluding hydrogens is 214 g/mol. The first-order chi connectivity index (χ1) is 7.94.